The Morgan fingerprint density at radius 1 is 1.25 bits per heavy atom. The highest BCUT2D eigenvalue weighted by Crippen LogP contribution is 2.29. The van der Waals surface area contributed by atoms with Gasteiger partial charge in [0.15, 0.2) is 0 Å². The zero-order valence-electron chi connectivity index (χ0n) is 16.4. The molecule has 0 aliphatic heterocycles. The Morgan fingerprint density at radius 3 is 2.75 bits per heavy atom. The van der Waals surface area contributed by atoms with Gasteiger partial charge in [-0.05, 0) is 30.2 Å². The zero-order valence-corrected chi connectivity index (χ0v) is 16.4. The number of H-pyrrole nitrogens is 2. The summed E-state index contributed by atoms with van der Waals surface area (Å²) in [6, 6.07) is 5.50. The molecule has 0 saturated heterocycles. The van der Waals surface area contributed by atoms with Crippen LogP contribution in [0.4, 0.5) is 5.69 Å². The second-order valence-electron chi connectivity index (χ2n) is 7.16. The summed E-state index contributed by atoms with van der Waals surface area (Å²) in [6.45, 7) is 4.03. The van der Waals surface area contributed by atoms with Crippen LogP contribution in [0.2, 0.25) is 0 Å². The molecule has 3 aromatic rings. The Balaban J connectivity index is 2.01. The van der Waals surface area contributed by atoms with E-state index in [-0.39, 0.29) is 29.7 Å². The van der Waals surface area contributed by atoms with Gasteiger partial charge in [-0.3, -0.25) is 14.4 Å². The molecule has 0 spiro atoms. The molecule has 2 heterocycles. The summed E-state index contributed by atoms with van der Waals surface area (Å²) in [5.74, 6) is -0.224. The minimum Gasteiger partial charge on any atom is -0.359 e. The van der Waals surface area contributed by atoms with Gasteiger partial charge >= 0.3 is 0 Å². The number of rotatable bonds is 7. The van der Waals surface area contributed by atoms with E-state index >= 15 is 0 Å². The highest BCUT2D eigenvalue weighted by Gasteiger charge is 2.16. The Labute approximate surface area is 162 Å². The van der Waals surface area contributed by atoms with Crippen LogP contribution in [0.3, 0.4) is 0 Å². The number of nitrogens with one attached hydrogen (secondary N) is 4. The number of pyridine rings is 1. The number of unbranched alkanes of at least 4 members (excludes halogenated alkanes) is 1. The van der Waals surface area contributed by atoms with Crippen molar-refractivity contribution in [1.82, 2.24) is 15.3 Å². The molecule has 7 nitrogen and oxygen atoms in total. The van der Waals surface area contributed by atoms with Crippen molar-refractivity contribution < 1.29 is 9.59 Å². The molecular formula is C21H26N4O3. The summed E-state index contributed by atoms with van der Waals surface area (Å²) < 4.78 is 0. The monoisotopic (exact) mass is 382 g/mol. The molecule has 0 saturated carbocycles. The van der Waals surface area contributed by atoms with Crippen LogP contribution in [-0.2, 0) is 16.0 Å². The van der Waals surface area contributed by atoms with Crippen LogP contribution in [0.25, 0.3) is 21.8 Å². The molecule has 3 rings (SSSR count). The molecule has 1 atom stereocenters. The van der Waals surface area contributed by atoms with Gasteiger partial charge < -0.3 is 20.6 Å². The number of hydrogen-bond donors (Lipinski definition) is 4. The third-order valence-corrected chi connectivity index (χ3v) is 5.06. The van der Waals surface area contributed by atoms with Gasteiger partial charge in [0.25, 0.3) is 5.56 Å². The third-order valence-electron chi connectivity index (χ3n) is 5.06. The molecular weight excluding hydrogens is 356 g/mol. The number of aromatic nitrogens is 2. The maximum atomic E-state index is 12.4. The Bertz CT molecular complexity index is 1080. The lowest BCUT2D eigenvalue weighted by molar-refractivity contribution is -0.120. The summed E-state index contributed by atoms with van der Waals surface area (Å²) in [6.07, 6.45) is 4.65. The zero-order chi connectivity index (χ0) is 20.3. The van der Waals surface area contributed by atoms with Gasteiger partial charge in [0.1, 0.15) is 5.52 Å². The van der Waals surface area contributed by atoms with Crippen LogP contribution < -0.4 is 16.2 Å². The number of aromatic amines is 2. The van der Waals surface area contributed by atoms with Crippen molar-refractivity contribution in [2.75, 3.05) is 12.4 Å². The van der Waals surface area contributed by atoms with E-state index in [2.05, 4.69) is 27.5 Å². The topological polar surface area (TPSA) is 107 Å². The van der Waals surface area contributed by atoms with E-state index in [0.717, 1.165) is 35.7 Å². The highest BCUT2D eigenvalue weighted by molar-refractivity contribution is 6.11. The molecule has 7 heteroatoms. The predicted octanol–water partition coefficient (Wildman–Crippen LogP) is 3.06. The molecule has 2 aromatic heterocycles. The lowest BCUT2D eigenvalue weighted by atomic mass is 10.0. The first-order valence-corrected chi connectivity index (χ1v) is 9.62. The molecule has 0 aliphatic carbocycles. The first-order valence-electron chi connectivity index (χ1n) is 9.62. The summed E-state index contributed by atoms with van der Waals surface area (Å²) in [4.78, 5) is 42.4. The van der Waals surface area contributed by atoms with Crippen LogP contribution in [0, 0.1) is 5.92 Å². The van der Waals surface area contributed by atoms with E-state index in [1.165, 1.54) is 0 Å². The number of amides is 2. The second-order valence-corrected chi connectivity index (χ2v) is 7.16. The largest absolute Gasteiger partial charge is 0.359 e. The number of hydrogen-bond acceptors (Lipinski definition) is 3. The van der Waals surface area contributed by atoms with Crippen molar-refractivity contribution in [3.63, 3.8) is 0 Å². The van der Waals surface area contributed by atoms with Crippen molar-refractivity contribution in [3.8, 4) is 0 Å². The maximum Gasteiger partial charge on any atom is 0.272 e. The smallest absolute Gasteiger partial charge is 0.272 e. The molecule has 148 valence electrons. The van der Waals surface area contributed by atoms with E-state index in [0.29, 0.717) is 16.6 Å². The fourth-order valence-electron chi connectivity index (χ4n) is 3.38. The Kier molecular flexibility index (Phi) is 5.82. The molecule has 0 aliphatic rings. The standard InChI is InChI=1S/C21H26N4O3/c1-4-5-6-12(2)20(27)24-14-7-8-16-15(10-14)18-13(9-17(26)22-3)11-23-21(28)19(18)25-16/h7-8,10-12,25H,4-6,9H2,1-3H3,(H,22,26)(H,23,28)(H,24,27). The lowest BCUT2D eigenvalue weighted by Crippen LogP contribution is -2.21. The van der Waals surface area contributed by atoms with Crippen molar-refractivity contribution in [3.05, 3.63) is 40.3 Å². The van der Waals surface area contributed by atoms with E-state index in [4.69, 9.17) is 0 Å². The van der Waals surface area contributed by atoms with E-state index < -0.39 is 0 Å². The first-order chi connectivity index (χ1) is 13.4. The fraction of sp³-hybridized carbons (Fsp3) is 0.381. The summed E-state index contributed by atoms with van der Waals surface area (Å²) >= 11 is 0. The van der Waals surface area contributed by atoms with E-state index in [1.54, 1.807) is 13.2 Å². The Hall–Kier alpha value is -3.09. The average molecular weight is 382 g/mol. The third kappa shape index (κ3) is 3.93. The van der Waals surface area contributed by atoms with Crippen LogP contribution in [-0.4, -0.2) is 28.8 Å². The van der Waals surface area contributed by atoms with Crippen LogP contribution in [0.15, 0.2) is 29.2 Å². The first kappa shape index (κ1) is 19.7. The molecule has 0 bridgehead atoms. The summed E-state index contributed by atoms with van der Waals surface area (Å²) in [5.41, 5.74) is 2.36. The summed E-state index contributed by atoms with van der Waals surface area (Å²) in [5, 5.41) is 7.08. The van der Waals surface area contributed by atoms with Gasteiger partial charge in [-0.2, -0.15) is 0 Å². The van der Waals surface area contributed by atoms with E-state index in [9.17, 15) is 14.4 Å². The van der Waals surface area contributed by atoms with Gasteiger partial charge in [-0.25, -0.2) is 0 Å². The second kappa shape index (κ2) is 8.29. The number of benzene rings is 1. The van der Waals surface area contributed by atoms with Gasteiger partial charge in [-0.1, -0.05) is 26.7 Å². The number of carbonyl (C=O) groups is 2. The van der Waals surface area contributed by atoms with Crippen molar-refractivity contribution in [1.29, 1.82) is 0 Å². The normalized spacial score (nSPS) is 12.2. The Morgan fingerprint density at radius 2 is 2.04 bits per heavy atom. The van der Waals surface area contributed by atoms with Crippen molar-refractivity contribution in [2.24, 2.45) is 5.92 Å². The minimum atomic E-state index is -0.245. The summed E-state index contributed by atoms with van der Waals surface area (Å²) in [7, 11) is 1.58. The van der Waals surface area contributed by atoms with Gasteiger partial charge in [-0.15, -0.1) is 0 Å². The van der Waals surface area contributed by atoms with E-state index in [1.807, 2.05) is 25.1 Å². The molecule has 0 radical (unpaired) electrons. The number of carbonyl (C=O) groups excluding carboxylic acids is 2. The quantitative estimate of drug-likeness (QED) is 0.504. The predicted molar refractivity (Wildman–Crippen MR) is 112 cm³/mol. The van der Waals surface area contributed by atoms with Gasteiger partial charge in [0, 0.05) is 41.1 Å². The SMILES string of the molecule is CCCCC(C)C(=O)Nc1ccc2[nH]c3c(=O)[nH]cc(CC(=O)NC)c3c2c1. The molecule has 1 unspecified atom stereocenters. The highest BCUT2D eigenvalue weighted by atomic mass is 16.2. The van der Waals surface area contributed by atoms with Gasteiger partial charge in [0.05, 0.1) is 6.42 Å². The maximum absolute atomic E-state index is 12.4. The van der Waals surface area contributed by atoms with Crippen molar-refractivity contribution in [2.45, 2.75) is 39.5 Å². The lowest BCUT2D eigenvalue weighted by Gasteiger charge is -2.12. The molecule has 1 aromatic carbocycles. The molecule has 0 fully saturated rings. The average Bonchev–Trinajstić information content (AvgIpc) is 3.08. The number of anilines is 1. The number of fused-ring (bicyclic) bond motifs is 3. The minimum absolute atomic E-state index is 0.0175. The van der Waals surface area contributed by atoms with Crippen LogP contribution in [0.5, 0.6) is 0 Å². The molecule has 2 amide bonds. The fourth-order valence-corrected chi connectivity index (χ4v) is 3.38. The molecule has 28 heavy (non-hydrogen) atoms. The van der Waals surface area contributed by atoms with Crippen molar-refractivity contribution >= 4 is 39.3 Å². The van der Waals surface area contributed by atoms with Crippen LogP contribution >= 0.6 is 0 Å². The van der Waals surface area contributed by atoms with Gasteiger partial charge in [0.2, 0.25) is 11.8 Å². The number of likely N-dealkylation sites (N-methyl/N-ethyl adjacent to an activating group) is 1. The van der Waals surface area contributed by atoms with Crippen LogP contribution in [0.1, 0.15) is 38.7 Å². The molecule has 4 N–H and O–H groups in total.